The van der Waals surface area contributed by atoms with Crippen LogP contribution in [0.3, 0.4) is 0 Å². The van der Waals surface area contributed by atoms with Gasteiger partial charge in [-0.15, -0.1) is 0 Å². The monoisotopic (exact) mass is 272 g/mol. The SMILES string of the molecule is NNc1cc(-c2ccccc2)nc(C2COCCO2)n1. The van der Waals surface area contributed by atoms with Crippen molar-refractivity contribution in [1.82, 2.24) is 9.97 Å². The van der Waals surface area contributed by atoms with Crippen LogP contribution in [0.2, 0.25) is 0 Å². The van der Waals surface area contributed by atoms with Crippen molar-refractivity contribution in [3.8, 4) is 11.3 Å². The molecule has 1 aliphatic heterocycles. The minimum absolute atomic E-state index is 0.250. The molecule has 1 saturated heterocycles. The number of benzene rings is 1. The summed E-state index contributed by atoms with van der Waals surface area (Å²) in [6, 6.07) is 11.7. The maximum absolute atomic E-state index is 5.64. The lowest BCUT2D eigenvalue weighted by Gasteiger charge is -2.22. The fourth-order valence-corrected chi connectivity index (χ4v) is 2.08. The van der Waals surface area contributed by atoms with E-state index in [0.717, 1.165) is 11.3 Å². The highest BCUT2D eigenvalue weighted by molar-refractivity contribution is 5.62. The number of nitrogen functional groups attached to an aromatic ring is 1. The number of nitrogens with zero attached hydrogens (tertiary/aromatic N) is 2. The second kappa shape index (κ2) is 5.96. The average molecular weight is 272 g/mol. The normalized spacial score (nSPS) is 18.8. The van der Waals surface area contributed by atoms with Gasteiger partial charge in [0, 0.05) is 11.6 Å². The number of nitrogens with two attached hydrogens (primary N) is 1. The number of rotatable bonds is 3. The lowest BCUT2D eigenvalue weighted by Crippen LogP contribution is -2.24. The summed E-state index contributed by atoms with van der Waals surface area (Å²) in [7, 11) is 0. The van der Waals surface area contributed by atoms with E-state index in [9.17, 15) is 0 Å². The van der Waals surface area contributed by atoms with Crippen molar-refractivity contribution in [2.24, 2.45) is 5.84 Å². The fourth-order valence-electron chi connectivity index (χ4n) is 2.08. The first-order chi connectivity index (χ1) is 9.86. The van der Waals surface area contributed by atoms with Crippen LogP contribution >= 0.6 is 0 Å². The van der Waals surface area contributed by atoms with Gasteiger partial charge in [-0.25, -0.2) is 15.8 Å². The molecule has 3 rings (SSSR count). The first-order valence-electron chi connectivity index (χ1n) is 6.47. The van der Waals surface area contributed by atoms with Crippen molar-refractivity contribution in [1.29, 1.82) is 0 Å². The standard InChI is InChI=1S/C14H16N4O2/c15-18-13-8-11(10-4-2-1-3-5-10)16-14(17-13)12-9-19-6-7-20-12/h1-5,8,12H,6-7,9,15H2,(H,16,17,18). The molecule has 1 atom stereocenters. The van der Waals surface area contributed by atoms with Gasteiger partial charge in [0.2, 0.25) is 0 Å². The van der Waals surface area contributed by atoms with Crippen LogP contribution in [0.5, 0.6) is 0 Å². The van der Waals surface area contributed by atoms with Gasteiger partial charge in [-0.3, -0.25) is 0 Å². The summed E-state index contributed by atoms with van der Waals surface area (Å²) < 4.78 is 11.0. The van der Waals surface area contributed by atoms with Crippen molar-refractivity contribution < 1.29 is 9.47 Å². The topological polar surface area (TPSA) is 82.3 Å². The third-order valence-electron chi connectivity index (χ3n) is 3.06. The molecule has 1 aromatic carbocycles. The molecule has 1 unspecified atom stereocenters. The van der Waals surface area contributed by atoms with Crippen molar-refractivity contribution in [3.05, 3.63) is 42.2 Å². The number of aromatic nitrogens is 2. The van der Waals surface area contributed by atoms with Gasteiger partial charge in [0.15, 0.2) is 5.82 Å². The second-order valence-corrected chi connectivity index (χ2v) is 4.44. The molecule has 20 heavy (non-hydrogen) atoms. The molecule has 0 spiro atoms. The van der Waals surface area contributed by atoms with Crippen molar-refractivity contribution >= 4 is 5.82 Å². The Bertz CT molecular complexity index is 571. The van der Waals surface area contributed by atoms with Crippen molar-refractivity contribution in [2.75, 3.05) is 25.2 Å². The van der Waals surface area contributed by atoms with Gasteiger partial charge in [0.1, 0.15) is 11.9 Å². The van der Waals surface area contributed by atoms with Gasteiger partial charge < -0.3 is 14.9 Å². The molecule has 2 heterocycles. The Morgan fingerprint density at radius 1 is 1.15 bits per heavy atom. The summed E-state index contributed by atoms with van der Waals surface area (Å²) in [6.07, 6.45) is -0.250. The van der Waals surface area contributed by atoms with E-state index < -0.39 is 0 Å². The minimum Gasteiger partial charge on any atom is -0.376 e. The summed E-state index contributed by atoms with van der Waals surface area (Å²) in [5.74, 6) is 6.62. The zero-order valence-corrected chi connectivity index (χ0v) is 11.0. The Kier molecular flexibility index (Phi) is 3.87. The van der Waals surface area contributed by atoms with E-state index in [1.807, 2.05) is 36.4 Å². The van der Waals surface area contributed by atoms with Crippen LogP contribution in [-0.2, 0) is 9.47 Å². The molecule has 0 saturated carbocycles. The van der Waals surface area contributed by atoms with Crippen LogP contribution < -0.4 is 11.3 Å². The Labute approximate surface area is 116 Å². The molecule has 0 radical (unpaired) electrons. The molecule has 0 aliphatic carbocycles. The maximum Gasteiger partial charge on any atom is 0.162 e. The molecule has 1 aliphatic rings. The highest BCUT2D eigenvalue weighted by Crippen LogP contribution is 2.24. The Morgan fingerprint density at radius 2 is 2.00 bits per heavy atom. The van der Waals surface area contributed by atoms with Crippen molar-refractivity contribution in [2.45, 2.75) is 6.10 Å². The van der Waals surface area contributed by atoms with E-state index in [0.29, 0.717) is 31.5 Å². The zero-order chi connectivity index (χ0) is 13.8. The lowest BCUT2D eigenvalue weighted by atomic mass is 10.1. The number of anilines is 1. The quantitative estimate of drug-likeness (QED) is 0.651. The highest BCUT2D eigenvalue weighted by atomic mass is 16.6. The van der Waals surface area contributed by atoms with Crippen LogP contribution in [0.25, 0.3) is 11.3 Å². The molecule has 1 aromatic heterocycles. The molecular formula is C14H16N4O2. The number of hydrogen-bond acceptors (Lipinski definition) is 6. The summed E-state index contributed by atoms with van der Waals surface area (Å²) in [5.41, 5.74) is 4.38. The number of ether oxygens (including phenoxy) is 2. The van der Waals surface area contributed by atoms with Crippen LogP contribution in [0, 0.1) is 0 Å². The second-order valence-electron chi connectivity index (χ2n) is 4.44. The summed E-state index contributed by atoms with van der Waals surface area (Å²) in [4.78, 5) is 8.91. The molecular weight excluding hydrogens is 256 g/mol. The smallest absolute Gasteiger partial charge is 0.162 e. The molecule has 2 aromatic rings. The molecule has 104 valence electrons. The van der Waals surface area contributed by atoms with Crippen LogP contribution in [0.1, 0.15) is 11.9 Å². The number of hydrogen-bond donors (Lipinski definition) is 2. The highest BCUT2D eigenvalue weighted by Gasteiger charge is 2.21. The van der Waals surface area contributed by atoms with E-state index in [1.165, 1.54) is 0 Å². The van der Waals surface area contributed by atoms with E-state index >= 15 is 0 Å². The molecule has 6 nitrogen and oxygen atoms in total. The predicted molar refractivity (Wildman–Crippen MR) is 74.8 cm³/mol. The largest absolute Gasteiger partial charge is 0.376 e. The zero-order valence-electron chi connectivity index (χ0n) is 11.0. The Balaban J connectivity index is 1.98. The molecule has 0 bridgehead atoms. The number of nitrogens with one attached hydrogen (secondary N) is 1. The van der Waals surface area contributed by atoms with Crippen molar-refractivity contribution in [3.63, 3.8) is 0 Å². The Hall–Kier alpha value is -2.02. The van der Waals surface area contributed by atoms with Crippen LogP contribution in [0.15, 0.2) is 36.4 Å². The van der Waals surface area contributed by atoms with E-state index in [2.05, 4.69) is 15.4 Å². The maximum atomic E-state index is 5.64. The van der Waals surface area contributed by atoms with Gasteiger partial charge in [-0.1, -0.05) is 30.3 Å². The Morgan fingerprint density at radius 3 is 2.70 bits per heavy atom. The van der Waals surface area contributed by atoms with Crippen LogP contribution in [-0.4, -0.2) is 29.8 Å². The van der Waals surface area contributed by atoms with E-state index in [4.69, 9.17) is 15.3 Å². The van der Waals surface area contributed by atoms with E-state index in [-0.39, 0.29) is 6.10 Å². The molecule has 6 heteroatoms. The third kappa shape index (κ3) is 2.77. The molecule has 0 amide bonds. The van der Waals surface area contributed by atoms with Crippen LogP contribution in [0.4, 0.5) is 5.82 Å². The summed E-state index contributed by atoms with van der Waals surface area (Å²) in [5, 5.41) is 0. The fraction of sp³-hybridized carbons (Fsp3) is 0.286. The third-order valence-corrected chi connectivity index (χ3v) is 3.06. The predicted octanol–water partition coefficient (Wildman–Crippen LogP) is 1.52. The average Bonchev–Trinajstić information content (AvgIpc) is 2.56. The molecule has 3 N–H and O–H groups in total. The first-order valence-corrected chi connectivity index (χ1v) is 6.47. The van der Waals surface area contributed by atoms with Gasteiger partial charge in [0.25, 0.3) is 0 Å². The summed E-state index contributed by atoms with van der Waals surface area (Å²) >= 11 is 0. The number of hydrazine groups is 1. The van der Waals surface area contributed by atoms with Gasteiger partial charge >= 0.3 is 0 Å². The van der Waals surface area contributed by atoms with Gasteiger partial charge in [-0.2, -0.15) is 0 Å². The minimum atomic E-state index is -0.250. The molecule has 1 fully saturated rings. The first kappa shape index (κ1) is 13.0. The van der Waals surface area contributed by atoms with E-state index in [1.54, 1.807) is 0 Å². The lowest BCUT2D eigenvalue weighted by molar-refractivity contribution is -0.0934. The van der Waals surface area contributed by atoms with Gasteiger partial charge in [-0.05, 0) is 0 Å². The van der Waals surface area contributed by atoms with Gasteiger partial charge in [0.05, 0.1) is 25.5 Å². The summed E-state index contributed by atoms with van der Waals surface area (Å²) in [6.45, 7) is 1.62.